The number of rotatable bonds is 5. The van der Waals surface area contributed by atoms with Crippen molar-refractivity contribution in [1.29, 1.82) is 0 Å². The van der Waals surface area contributed by atoms with Gasteiger partial charge >= 0.3 is 0 Å². The predicted octanol–water partition coefficient (Wildman–Crippen LogP) is 3.47. The zero-order valence-electron chi connectivity index (χ0n) is 17.3. The molecule has 2 heterocycles. The molecule has 2 amide bonds. The van der Waals surface area contributed by atoms with Crippen molar-refractivity contribution in [2.75, 3.05) is 36.4 Å². The summed E-state index contributed by atoms with van der Waals surface area (Å²) < 4.78 is 5.98. The van der Waals surface area contributed by atoms with Crippen molar-refractivity contribution in [2.45, 2.75) is 25.4 Å². The van der Waals surface area contributed by atoms with E-state index in [1.165, 1.54) is 18.2 Å². The van der Waals surface area contributed by atoms with E-state index >= 15 is 0 Å². The molecule has 2 aliphatic rings. The number of ether oxygens (including phenoxy) is 1. The summed E-state index contributed by atoms with van der Waals surface area (Å²) in [6.07, 6.45) is 2.38. The molecule has 9 nitrogen and oxygen atoms in total. The lowest BCUT2D eigenvalue weighted by molar-refractivity contribution is -0.384. The summed E-state index contributed by atoms with van der Waals surface area (Å²) >= 11 is 5.84. The number of nitrogens with one attached hydrogen (secondary N) is 1. The van der Waals surface area contributed by atoms with E-state index in [1.807, 2.05) is 23.1 Å². The molecule has 0 radical (unpaired) electrons. The Morgan fingerprint density at radius 3 is 2.66 bits per heavy atom. The van der Waals surface area contributed by atoms with E-state index in [0.717, 1.165) is 32.4 Å². The molecule has 32 heavy (non-hydrogen) atoms. The standard InChI is InChI=1S/C22H23ClN4O5/c23-16-9-8-15(12-18(16)27(30)31)24-21(28)14-26-13-20(22(29)25-10-4-1-5-11-25)32-19-7-3-2-6-17(19)26/h2-3,6-9,12,20H,1,4-5,10-11,13-14H2,(H,24,28). The van der Waals surface area contributed by atoms with Crippen molar-refractivity contribution in [3.8, 4) is 5.75 Å². The van der Waals surface area contributed by atoms with Crippen LogP contribution in [0.3, 0.4) is 0 Å². The van der Waals surface area contributed by atoms with Crippen LogP contribution in [0.5, 0.6) is 5.75 Å². The molecule has 168 valence electrons. The van der Waals surface area contributed by atoms with Gasteiger partial charge in [-0.25, -0.2) is 0 Å². The minimum Gasteiger partial charge on any atom is -0.477 e. The number of anilines is 2. The summed E-state index contributed by atoms with van der Waals surface area (Å²) in [5.74, 6) is 0.101. The third-order valence-electron chi connectivity index (χ3n) is 5.57. The zero-order valence-corrected chi connectivity index (χ0v) is 18.1. The fraction of sp³-hybridized carbons (Fsp3) is 0.364. The highest BCUT2D eigenvalue weighted by molar-refractivity contribution is 6.32. The number of nitro benzene ring substituents is 1. The summed E-state index contributed by atoms with van der Waals surface area (Å²) in [7, 11) is 0. The minimum absolute atomic E-state index is 0.00540. The second kappa shape index (κ2) is 9.44. The van der Waals surface area contributed by atoms with Crippen molar-refractivity contribution in [1.82, 2.24) is 4.90 Å². The molecule has 1 unspecified atom stereocenters. The highest BCUT2D eigenvalue weighted by Gasteiger charge is 2.34. The van der Waals surface area contributed by atoms with Crippen LogP contribution in [0.4, 0.5) is 17.1 Å². The van der Waals surface area contributed by atoms with Gasteiger partial charge < -0.3 is 19.9 Å². The summed E-state index contributed by atoms with van der Waals surface area (Å²) in [6.45, 7) is 1.63. The quantitative estimate of drug-likeness (QED) is 0.543. The van der Waals surface area contributed by atoms with Gasteiger partial charge in [-0.15, -0.1) is 0 Å². The van der Waals surface area contributed by atoms with E-state index in [9.17, 15) is 19.7 Å². The number of carbonyl (C=O) groups excluding carboxylic acids is 2. The van der Waals surface area contributed by atoms with E-state index in [1.54, 1.807) is 11.0 Å². The molecule has 1 atom stereocenters. The highest BCUT2D eigenvalue weighted by atomic mass is 35.5. The second-order valence-electron chi connectivity index (χ2n) is 7.81. The van der Waals surface area contributed by atoms with Crippen molar-refractivity contribution in [3.05, 3.63) is 57.6 Å². The Labute approximate surface area is 190 Å². The van der Waals surface area contributed by atoms with Gasteiger partial charge in [0.25, 0.3) is 11.6 Å². The number of likely N-dealkylation sites (tertiary alicyclic amines) is 1. The van der Waals surface area contributed by atoms with Crippen LogP contribution in [0.1, 0.15) is 19.3 Å². The van der Waals surface area contributed by atoms with E-state index in [4.69, 9.17) is 16.3 Å². The van der Waals surface area contributed by atoms with Gasteiger partial charge in [0.05, 0.1) is 23.7 Å². The van der Waals surface area contributed by atoms with E-state index in [0.29, 0.717) is 11.4 Å². The topological polar surface area (TPSA) is 105 Å². The smallest absolute Gasteiger partial charge is 0.289 e. The van der Waals surface area contributed by atoms with Gasteiger partial charge in [0.1, 0.15) is 10.8 Å². The highest BCUT2D eigenvalue weighted by Crippen LogP contribution is 2.34. The van der Waals surface area contributed by atoms with Crippen LogP contribution in [0.25, 0.3) is 0 Å². The van der Waals surface area contributed by atoms with Crippen LogP contribution in [-0.2, 0) is 9.59 Å². The minimum atomic E-state index is -0.701. The molecule has 0 aliphatic carbocycles. The Morgan fingerprint density at radius 2 is 1.91 bits per heavy atom. The molecule has 1 fully saturated rings. The fourth-order valence-electron chi connectivity index (χ4n) is 4.01. The lowest BCUT2D eigenvalue weighted by atomic mass is 10.1. The lowest BCUT2D eigenvalue weighted by Gasteiger charge is -2.38. The van der Waals surface area contributed by atoms with Gasteiger partial charge in [-0.3, -0.25) is 19.7 Å². The predicted molar refractivity (Wildman–Crippen MR) is 120 cm³/mol. The summed E-state index contributed by atoms with van der Waals surface area (Å²) in [6, 6.07) is 11.3. The van der Waals surface area contributed by atoms with Crippen molar-refractivity contribution in [3.63, 3.8) is 0 Å². The molecule has 4 rings (SSSR count). The van der Waals surface area contributed by atoms with Crippen LogP contribution in [0.2, 0.25) is 5.02 Å². The number of amides is 2. The summed E-state index contributed by atoms with van der Waals surface area (Å²) in [5.41, 5.74) is 0.703. The first-order chi connectivity index (χ1) is 15.4. The van der Waals surface area contributed by atoms with Gasteiger partial charge in [0.15, 0.2) is 6.10 Å². The molecule has 0 bridgehead atoms. The first kappa shape index (κ1) is 21.9. The number of benzene rings is 2. The number of carbonyl (C=O) groups is 2. The van der Waals surface area contributed by atoms with Gasteiger partial charge in [-0.05, 0) is 43.5 Å². The molecule has 0 spiro atoms. The molecule has 0 saturated carbocycles. The number of hydrogen-bond acceptors (Lipinski definition) is 6. The lowest BCUT2D eigenvalue weighted by Crippen LogP contribution is -2.52. The van der Waals surface area contributed by atoms with E-state index in [-0.39, 0.29) is 41.3 Å². The molecule has 2 aromatic carbocycles. The van der Waals surface area contributed by atoms with Crippen molar-refractivity contribution < 1.29 is 19.2 Å². The van der Waals surface area contributed by atoms with E-state index in [2.05, 4.69) is 5.32 Å². The van der Waals surface area contributed by atoms with Crippen LogP contribution in [-0.4, -0.2) is 53.9 Å². The van der Waals surface area contributed by atoms with Crippen LogP contribution in [0, 0.1) is 10.1 Å². The number of hydrogen-bond donors (Lipinski definition) is 1. The van der Waals surface area contributed by atoms with Crippen LogP contribution in [0.15, 0.2) is 42.5 Å². The Kier molecular flexibility index (Phi) is 6.45. The zero-order chi connectivity index (χ0) is 22.7. The first-order valence-electron chi connectivity index (χ1n) is 10.5. The molecule has 10 heteroatoms. The molecule has 1 N–H and O–H groups in total. The van der Waals surface area contributed by atoms with Gasteiger partial charge in [-0.2, -0.15) is 0 Å². The molecule has 1 saturated heterocycles. The summed E-state index contributed by atoms with van der Waals surface area (Å²) in [5, 5.41) is 13.8. The number of nitrogens with zero attached hydrogens (tertiary/aromatic N) is 3. The van der Waals surface area contributed by atoms with E-state index < -0.39 is 11.0 Å². The molecule has 0 aromatic heterocycles. The third-order valence-corrected chi connectivity index (χ3v) is 5.89. The van der Waals surface area contributed by atoms with Gasteiger partial charge in [0, 0.05) is 24.8 Å². The number of nitro groups is 1. The fourth-order valence-corrected chi connectivity index (χ4v) is 4.19. The number of fused-ring (bicyclic) bond motifs is 1. The number of para-hydroxylation sites is 2. The normalized spacial score (nSPS) is 17.8. The second-order valence-corrected chi connectivity index (χ2v) is 8.22. The Balaban J connectivity index is 1.49. The average molecular weight is 459 g/mol. The van der Waals surface area contributed by atoms with Gasteiger partial charge in [0.2, 0.25) is 5.91 Å². The molecule has 2 aliphatic heterocycles. The number of piperidine rings is 1. The molecule has 2 aromatic rings. The molecular formula is C22H23ClN4O5. The molecular weight excluding hydrogens is 436 g/mol. The monoisotopic (exact) mass is 458 g/mol. The maximum atomic E-state index is 13.0. The van der Waals surface area contributed by atoms with Gasteiger partial charge in [-0.1, -0.05) is 23.7 Å². The first-order valence-corrected chi connectivity index (χ1v) is 10.8. The summed E-state index contributed by atoms with van der Waals surface area (Å²) in [4.78, 5) is 39.9. The third kappa shape index (κ3) is 4.77. The maximum absolute atomic E-state index is 13.0. The van der Waals surface area contributed by atoms with Crippen LogP contribution < -0.4 is 15.0 Å². The number of halogens is 1. The Bertz CT molecular complexity index is 1040. The van der Waals surface area contributed by atoms with Crippen molar-refractivity contribution >= 4 is 40.5 Å². The Morgan fingerprint density at radius 1 is 1.16 bits per heavy atom. The Hall–Kier alpha value is -3.33. The maximum Gasteiger partial charge on any atom is 0.289 e. The van der Waals surface area contributed by atoms with Crippen molar-refractivity contribution in [2.24, 2.45) is 0 Å². The largest absolute Gasteiger partial charge is 0.477 e. The van der Waals surface area contributed by atoms with Crippen LogP contribution >= 0.6 is 11.6 Å². The average Bonchev–Trinajstić information content (AvgIpc) is 2.80. The SMILES string of the molecule is O=C(CN1CC(C(=O)N2CCCCC2)Oc2ccccc21)Nc1ccc(Cl)c([N+](=O)[O-])c1.